The number of halogens is 1. The van der Waals surface area contributed by atoms with Gasteiger partial charge in [0, 0.05) is 32.3 Å². The smallest absolute Gasteiger partial charge is 0.250 e. The minimum atomic E-state index is -0.222. The van der Waals surface area contributed by atoms with Crippen molar-refractivity contribution in [2.75, 3.05) is 26.3 Å². The zero-order chi connectivity index (χ0) is 17.2. The summed E-state index contributed by atoms with van der Waals surface area (Å²) < 4.78 is 19.1. The highest BCUT2D eigenvalue weighted by Gasteiger charge is 2.43. The Balaban J connectivity index is 1.47. The fourth-order valence-electron chi connectivity index (χ4n) is 4.21. The number of benzene rings is 1. The topological polar surface area (TPSA) is 42.0 Å². The third-order valence-corrected chi connectivity index (χ3v) is 5.51. The second-order valence-corrected chi connectivity index (χ2v) is 7.23. The van der Waals surface area contributed by atoms with Crippen molar-refractivity contribution in [3.8, 4) is 0 Å². The molecule has 3 heterocycles. The maximum absolute atomic E-state index is 13.2. The van der Waals surface area contributed by atoms with Crippen LogP contribution in [-0.2, 0) is 20.9 Å². The largest absolute Gasteiger partial charge is 0.377 e. The summed E-state index contributed by atoms with van der Waals surface area (Å²) in [5.74, 6) is -0.240. The van der Waals surface area contributed by atoms with Gasteiger partial charge in [0.25, 0.3) is 5.91 Å². The van der Waals surface area contributed by atoms with Crippen LogP contribution in [0.25, 0.3) is 0 Å². The van der Waals surface area contributed by atoms with Crippen LogP contribution in [0.2, 0.25) is 0 Å². The number of ether oxygens (including phenoxy) is 1. The summed E-state index contributed by atoms with van der Waals surface area (Å²) in [6, 6.07) is 6.97. The Labute approximate surface area is 147 Å². The number of nitrogens with zero attached hydrogens (tertiary/aromatic N) is 2. The monoisotopic (exact) mass is 348 g/mol. The molecule has 3 saturated heterocycles. The third kappa shape index (κ3) is 3.71. The second-order valence-electron chi connectivity index (χ2n) is 7.23. The van der Waals surface area contributed by atoms with Crippen molar-refractivity contribution < 1.29 is 18.8 Å². The number of likely N-dealkylation sites (tertiary alicyclic amines) is 1. The van der Waals surface area contributed by atoms with Crippen molar-refractivity contribution in [3.63, 3.8) is 0 Å². The standard InChI is InChI=1S/C19H25FN2O3/c20-16-5-3-14(4-6-16)12-21-13-15(11-18-17(21)7-10-24-18)19(23)22-8-1-2-9-25-22/h3-6,15,17-18H,1-2,7-13H2/t15-,17+,18+/m0/s1. The first-order valence-electron chi connectivity index (χ1n) is 9.25. The number of carbonyl (C=O) groups excluding carboxylic acids is 1. The van der Waals surface area contributed by atoms with E-state index in [2.05, 4.69) is 4.90 Å². The summed E-state index contributed by atoms with van der Waals surface area (Å²) in [5.41, 5.74) is 1.06. The van der Waals surface area contributed by atoms with E-state index in [9.17, 15) is 9.18 Å². The van der Waals surface area contributed by atoms with Crippen molar-refractivity contribution in [2.45, 2.75) is 44.4 Å². The minimum Gasteiger partial charge on any atom is -0.377 e. The van der Waals surface area contributed by atoms with Gasteiger partial charge in [0.15, 0.2) is 0 Å². The van der Waals surface area contributed by atoms with Crippen LogP contribution in [-0.4, -0.2) is 54.3 Å². The first-order valence-corrected chi connectivity index (χ1v) is 9.25. The van der Waals surface area contributed by atoms with Gasteiger partial charge in [-0.05, 0) is 43.4 Å². The van der Waals surface area contributed by atoms with Crippen LogP contribution in [0.5, 0.6) is 0 Å². The van der Waals surface area contributed by atoms with E-state index in [1.807, 2.05) is 12.1 Å². The van der Waals surface area contributed by atoms with Gasteiger partial charge < -0.3 is 4.74 Å². The summed E-state index contributed by atoms with van der Waals surface area (Å²) in [5, 5.41) is 1.56. The summed E-state index contributed by atoms with van der Waals surface area (Å²) in [4.78, 5) is 20.7. The SMILES string of the molecule is O=C([C@H]1C[C@H]2OCC[C@H]2N(Cc2ccc(F)cc2)C1)N1CCCCO1. The molecule has 3 atom stereocenters. The van der Waals surface area contributed by atoms with E-state index in [4.69, 9.17) is 9.57 Å². The second kappa shape index (κ2) is 7.40. The summed E-state index contributed by atoms with van der Waals surface area (Å²) in [7, 11) is 0. The van der Waals surface area contributed by atoms with Crippen molar-refractivity contribution in [1.29, 1.82) is 0 Å². The molecule has 1 aromatic carbocycles. The fourth-order valence-corrected chi connectivity index (χ4v) is 4.21. The Morgan fingerprint density at radius 2 is 2.04 bits per heavy atom. The lowest BCUT2D eigenvalue weighted by Crippen LogP contribution is -2.53. The molecule has 0 bridgehead atoms. The third-order valence-electron chi connectivity index (χ3n) is 5.51. The molecule has 1 aromatic rings. The van der Waals surface area contributed by atoms with Crippen LogP contribution < -0.4 is 0 Å². The molecule has 5 nitrogen and oxygen atoms in total. The number of piperidine rings is 1. The van der Waals surface area contributed by atoms with Gasteiger partial charge in [-0.3, -0.25) is 14.5 Å². The Morgan fingerprint density at radius 1 is 1.20 bits per heavy atom. The number of carbonyl (C=O) groups is 1. The van der Waals surface area contributed by atoms with Crippen LogP contribution in [0.4, 0.5) is 4.39 Å². The molecule has 0 unspecified atom stereocenters. The van der Waals surface area contributed by atoms with Gasteiger partial charge in [-0.25, -0.2) is 9.45 Å². The quantitative estimate of drug-likeness (QED) is 0.841. The van der Waals surface area contributed by atoms with Gasteiger partial charge in [-0.2, -0.15) is 0 Å². The van der Waals surface area contributed by atoms with E-state index in [1.165, 1.54) is 12.1 Å². The summed E-state index contributed by atoms with van der Waals surface area (Å²) >= 11 is 0. The maximum Gasteiger partial charge on any atom is 0.250 e. The molecule has 0 aliphatic carbocycles. The molecule has 3 fully saturated rings. The number of amides is 1. The molecule has 136 valence electrons. The zero-order valence-corrected chi connectivity index (χ0v) is 14.4. The Hall–Kier alpha value is -1.50. The van der Waals surface area contributed by atoms with Gasteiger partial charge in [0.2, 0.25) is 0 Å². The first-order chi connectivity index (χ1) is 12.2. The van der Waals surface area contributed by atoms with E-state index in [0.717, 1.165) is 44.4 Å². The molecule has 3 aliphatic rings. The average molecular weight is 348 g/mol. The van der Waals surface area contributed by atoms with E-state index in [1.54, 1.807) is 5.06 Å². The van der Waals surface area contributed by atoms with Gasteiger partial charge in [0.05, 0.1) is 18.6 Å². The molecule has 0 spiro atoms. The number of rotatable bonds is 3. The van der Waals surface area contributed by atoms with E-state index in [-0.39, 0.29) is 23.7 Å². The normalized spacial score (nSPS) is 30.3. The molecule has 0 aromatic heterocycles. The minimum absolute atomic E-state index is 0.0813. The molecule has 6 heteroatoms. The molecular formula is C19H25FN2O3. The molecule has 4 rings (SSSR count). The molecule has 3 aliphatic heterocycles. The highest BCUT2D eigenvalue weighted by atomic mass is 19.1. The summed E-state index contributed by atoms with van der Waals surface area (Å²) in [6.07, 6.45) is 3.88. The van der Waals surface area contributed by atoms with Crippen LogP contribution in [0, 0.1) is 11.7 Å². The highest BCUT2D eigenvalue weighted by Crippen LogP contribution is 2.33. The lowest BCUT2D eigenvalue weighted by Gasteiger charge is -2.41. The Morgan fingerprint density at radius 3 is 2.80 bits per heavy atom. The molecule has 0 N–H and O–H groups in total. The van der Waals surface area contributed by atoms with Gasteiger partial charge >= 0.3 is 0 Å². The van der Waals surface area contributed by atoms with Crippen molar-refractivity contribution in [3.05, 3.63) is 35.6 Å². The Bertz CT molecular complexity index is 603. The fraction of sp³-hybridized carbons (Fsp3) is 0.632. The van der Waals surface area contributed by atoms with Crippen LogP contribution in [0.1, 0.15) is 31.2 Å². The zero-order valence-electron chi connectivity index (χ0n) is 14.4. The van der Waals surface area contributed by atoms with Crippen LogP contribution >= 0.6 is 0 Å². The number of hydrogen-bond acceptors (Lipinski definition) is 4. The highest BCUT2D eigenvalue weighted by molar-refractivity contribution is 5.78. The Kier molecular flexibility index (Phi) is 5.01. The van der Waals surface area contributed by atoms with Crippen molar-refractivity contribution in [1.82, 2.24) is 9.96 Å². The molecule has 1 amide bonds. The first kappa shape index (κ1) is 16.9. The molecular weight excluding hydrogens is 323 g/mol. The molecule has 0 radical (unpaired) electrons. The van der Waals surface area contributed by atoms with Gasteiger partial charge in [-0.15, -0.1) is 0 Å². The average Bonchev–Trinajstić information content (AvgIpc) is 3.12. The van der Waals surface area contributed by atoms with E-state index in [0.29, 0.717) is 25.7 Å². The predicted octanol–water partition coefficient (Wildman–Crippen LogP) is 2.36. The van der Waals surface area contributed by atoms with Crippen LogP contribution in [0.3, 0.4) is 0 Å². The van der Waals surface area contributed by atoms with Crippen molar-refractivity contribution in [2.24, 2.45) is 5.92 Å². The van der Waals surface area contributed by atoms with E-state index < -0.39 is 0 Å². The molecule has 0 saturated carbocycles. The van der Waals surface area contributed by atoms with Gasteiger partial charge in [0.1, 0.15) is 5.82 Å². The molecule has 25 heavy (non-hydrogen) atoms. The number of fused-ring (bicyclic) bond motifs is 1. The maximum atomic E-state index is 13.2. The summed E-state index contributed by atoms with van der Waals surface area (Å²) in [6.45, 7) is 3.48. The predicted molar refractivity (Wildman–Crippen MR) is 90.0 cm³/mol. The van der Waals surface area contributed by atoms with Gasteiger partial charge in [-0.1, -0.05) is 12.1 Å². The lowest BCUT2D eigenvalue weighted by atomic mass is 9.89. The lowest BCUT2D eigenvalue weighted by molar-refractivity contribution is -0.204. The van der Waals surface area contributed by atoms with Crippen LogP contribution in [0.15, 0.2) is 24.3 Å². The number of hydroxylamine groups is 2. The van der Waals surface area contributed by atoms with Crippen molar-refractivity contribution >= 4 is 5.91 Å². The number of hydrogen-bond donors (Lipinski definition) is 0. The van der Waals surface area contributed by atoms with E-state index >= 15 is 0 Å².